The van der Waals surface area contributed by atoms with E-state index in [4.69, 9.17) is 5.11 Å². The Kier molecular flexibility index (Phi) is 7.93. The van der Waals surface area contributed by atoms with Crippen LogP contribution in [0.1, 0.15) is 98.3 Å². The number of carboxylic acids is 1. The molecule has 3 aliphatic rings. The fraction of sp³-hybridized carbons (Fsp3) is 0.962. The highest BCUT2D eigenvalue weighted by atomic mass is 16.4. The number of carboxylic acid groups (broad SMARTS) is 1. The second-order valence-electron chi connectivity index (χ2n) is 11.4. The second-order valence-corrected chi connectivity index (χ2v) is 11.4. The van der Waals surface area contributed by atoms with E-state index < -0.39 is 5.97 Å². The van der Waals surface area contributed by atoms with Crippen LogP contribution in [0.4, 0.5) is 0 Å². The maximum atomic E-state index is 11.7. The maximum absolute atomic E-state index is 11.7. The van der Waals surface area contributed by atoms with Gasteiger partial charge in [0.15, 0.2) is 0 Å². The number of aliphatic carboxylic acids is 1. The van der Waals surface area contributed by atoms with E-state index in [0.717, 1.165) is 38.5 Å². The Bertz CT molecular complexity index is 577. The molecule has 0 saturated heterocycles. The lowest BCUT2D eigenvalue weighted by Crippen LogP contribution is -2.50. The third-order valence-corrected chi connectivity index (χ3v) is 9.92. The van der Waals surface area contributed by atoms with Crippen molar-refractivity contribution in [3.8, 4) is 0 Å². The summed E-state index contributed by atoms with van der Waals surface area (Å²) in [5.41, 5.74) is 0.224. The minimum absolute atomic E-state index is 0.218. The molecule has 0 bridgehead atoms. The molecular weight excluding hydrogens is 376 g/mol. The smallest absolute Gasteiger partial charge is 0.303 e. The van der Waals surface area contributed by atoms with Crippen molar-refractivity contribution in [2.75, 3.05) is 0 Å². The van der Waals surface area contributed by atoms with Gasteiger partial charge in [0.25, 0.3) is 0 Å². The summed E-state index contributed by atoms with van der Waals surface area (Å²) in [6, 6.07) is 0. The van der Waals surface area contributed by atoms with E-state index in [1.807, 2.05) is 0 Å². The predicted octanol–water partition coefficient (Wildman–Crippen LogP) is 5.50. The highest BCUT2D eigenvalue weighted by Gasteiger charge is 2.57. The minimum Gasteiger partial charge on any atom is -0.481 e. The predicted molar refractivity (Wildman–Crippen MR) is 120 cm³/mol. The van der Waals surface area contributed by atoms with Gasteiger partial charge in [-0.3, -0.25) is 4.79 Å². The number of hydrogen-bond acceptors (Lipinski definition) is 3. The first-order valence-electron chi connectivity index (χ1n) is 12.8. The van der Waals surface area contributed by atoms with Crippen molar-refractivity contribution in [3.63, 3.8) is 0 Å². The summed E-state index contributed by atoms with van der Waals surface area (Å²) < 4.78 is 0. The maximum Gasteiger partial charge on any atom is 0.303 e. The Balaban J connectivity index is 1.85. The molecule has 4 heteroatoms. The zero-order valence-corrected chi connectivity index (χ0v) is 19.7. The van der Waals surface area contributed by atoms with Gasteiger partial charge in [-0.05, 0) is 105 Å². The van der Waals surface area contributed by atoms with Gasteiger partial charge < -0.3 is 15.3 Å². The van der Waals surface area contributed by atoms with Gasteiger partial charge in [-0.15, -0.1) is 0 Å². The summed E-state index contributed by atoms with van der Waals surface area (Å²) in [5.74, 6) is 2.59. The van der Waals surface area contributed by atoms with Gasteiger partial charge in [0.05, 0.1) is 12.2 Å². The summed E-state index contributed by atoms with van der Waals surface area (Å²) >= 11 is 0. The van der Waals surface area contributed by atoms with Gasteiger partial charge >= 0.3 is 5.97 Å². The minimum atomic E-state index is -0.685. The van der Waals surface area contributed by atoms with Crippen LogP contribution < -0.4 is 0 Å². The standard InChI is InChI=1S/C26H46O4/c1-5-18-8-10-19(27)9-6-16(2)20-14-15-26(4)21(17(3)7-13-23(28)29)11-12-22(26)24(20)25(18)30/h16-22,24-25,27,30H,5-15H2,1-4H3,(H,28,29). The number of aliphatic hydroxyl groups is 2. The van der Waals surface area contributed by atoms with E-state index in [-0.39, 0.29) is 30.0 Å². The first-order chi connectivity index (χ1) is 14.2. The Morgan fingerprint density at radius 1 is 1.07 bits per heavy atom. The average Bonchev–Trinajstić information content (AvgIpc) is 3.06. The van der Waals surface area contributed by atoms with Crippen LogP contribution in [-0.4, -0.2) is 33.5 Å². The second kappa shape index (κ2) is 9.90. The lowest BCUT2D eigenvalue weighted by atomic mass is 9.52. The molecule has 3 rings (SSSR count). The van der Waals surface area contributed by atoms with Gasteiger partial charge in [0, 0.05) is 6.42 Å². The summed E-state index contributed by atoms with van der Waals surface area (Å²) in [6.45, 7) is 9.27. The van der Waals surface area contributed by atoms with Gasteiger partial charge in [-0.25, -0.2) is 0 Å². The Morgan fingerprint density at radius 3 is 2.43 bits per heavy atom. The monoisotopic (exact) mass is 422 g/mol. The molecule has 0 aromatic heterocycles. The van der Waals surface area contributed by atoms with Crippen molar-refractivity contribution in [1.29, 1.82) is 0 Å². The van der Waals surface area contributed by atoms with Crippen LogP contribution >= 0.6 is 0 Å². The van der Waals surface area contributed by atoms with Gasteiger partial charge in [-0.2, -0.15) is 0 Å². The summed E-state index contributed by atoms with van der Waals surface area (Å²) in [4.78, 5) is 11.1. The van der Waals surface area contributed by atoms with E-state index in [1.54, 1.807) is 0 Å². The molecule has 10 atom stereocenters. The molecule has 30 heavy (non-hydrogen) atoms. The molecule has 0 radical (unpaired) electrons. The van der Waals surface area contributed by atoms with Crippen LogP contribution in [0.5, 0.6) is 0 Å². The van der Waals surface area contributed by atoms with E-state index in [9.17, 15) is 15.0 Å². The van der Waals surface area contributed by atoms with Crippen LogP contribution in [0, 0.1) is 46.8 Å². The average molecular weight is 423 g/mol. The number of carbonyl (C=O) groups is 1. The van der Waals surface area contributed by atoms with Gasteiger partial charge in [0.2, 0.25) is 0 Å². The summed E-state index contributed by atoms with van der Waals surface area (Å²) in [6.07, 6.45) is 9.97. The van der Waals surface area contributed by atoms with E-state index in [0.29, 0.717) is 35.5 Å². The fourth-order valence-corrected chi connectivity index (χ4v) is 8.06. The molecule has 0 aromatic rings. The molecule has 3 saturated carbocycles. The number of fused-ring (bicyclic) bond motifs is 3. The van der Waals surface area contributed by atoms with Crippen molar-refractivity contribution >= 4 is 5.97 Å². The number of hydrogen-bond donors (Lipinski definition) is 3. The molecule has 0 aliphatic heterocycles. The molecule has 0 spiro atoms. The lowest BCUT2D eigenvalue weighted by Gasteiger charge is -2.54. The van der Waals surface area contributed by atoms with E-state index >= 15 is 0 Å². The largest absolute Gasteiger partial charge is 0.481 e. The molecule has 4 nitrogen and oxygen atoms in total. The first kappa shape index (κ1) is 24.0. The molecule has 174 valence electrons. The van der Waals surface area contributed by atoms with Crippen LogP contribution in [0.25, 0.3) is 0 Å². The van der Waals surface area contributed by atoms with Crippen LogP contribution in [0.15, 0.2) is 0 Å². The highest BCUT2D eigenvalue weighted by Crippen LogP contribution is 2.63. The molecule has 3 fully saturated rings. The molecule has 3 aliphatic carbocycles. The van der Waals surface area contributed by atoms with Crippen molar-refractivity contribution in [1.82, 2.24) is 0 Å². The van der Waals surface area contributed by atoms with Crippen molar-refractivity contribution in [2.24, 2.45) is 46.8 Å². The van der Waals surface area contributed by atoms with Crippen LogP contribution in [0.3, 0.4) is 0 Å². The zero-order valence-electron chi connectivity index (χ0n) is 19.7. The Morgan fingerprint density at radius 2 is 1.77 bits per heavy atom. The Hall–Kier alpha value is -0.610. The summed E-state index contributed by atoms with van der Waals surface area (Å²) in [7, 11) is 0. The molecule has 3 N–H and O–H groups in total. The topological polar surface area (TPSA) is 77.8 Å². The first-order valence-corrected chi connectivity index (χ1v) is 12.8. The van der Waals surface area contributed by atoms with Gasteiger partial charge in [-0.1, -0.05) is 34.1 Å². The third-order valence-electron chi connectivity index (χ3n) is 9.92. The van der Waals surface area contributed by atoms with E-state index in [1.165, 1.54) is 25.7 Å². The van der Waals surface area contributed by atoms with Crippen molar-refractivity contribution in [3.05, 3.63) is 0 Å². The van der Waals surface area contributed by atoms with E-state index in [2.05, 4.69) is 27.7 Å². The van der Waals surface area contributed by atoms with Crippen molar-refractivity contribution < 1.29 is 20.1 Å². The SMILES string of the molecule is CCC1CCC(O)CCC(C)C2CCC3(C)C(C(C)CCC(=O)O)CCC3C2C1O. The molecule has 10 unspecified atom stereocenters. The number of aliphatic hydroxyl groups excluding tert-OH is 2. The quantitative estimate of drug-likeness (QED) is 0.546. The summed E-state index contributed by atoms with van der Waals surface area (Å²) in [5, 5.41) is 31.2. The fourth-order valence-electron chi connectivity index (χ4n) is 8.06. The highest BCUT2D eigenvalue weighted by molar-refractivity contribution is 5.66. The third kappa shape index (κ3) is 4.75. The normalized spacial score (nSPS) is 45.9. The molecule has 0 heterocycles. The Labute approximate surface area is 183 Å². The zero-order chi connectivity index (χ0) is 22.1. The molecule has 0 aromatic carbocycles. The van der Waals surface area contributed by atoms with Gasteiger partial charge in [0.1, 0.15) is 0 Å². The molecule has 0 amide bonds. The lowest BCUT2D eigenvalue weighted by molar-refractivity contribution is -0.137. The van der Waals surface area contributed by atoms with Crippen LogP contribution in [0.2, 0.25) is 0 Å². The molecular formula is C26H46O4. The van der Waals surface area contributed by atoms with Crippen molar-refractivity contribution in [2.45, 2.75) is 111 Å². The number of rotatable bonds is 5. The van der Waals surface area contributed by atoms with Crippen LogP contribution in [-0.2, 0) is 4.79 Å².